The molecule has 0 saturated carbocycles. The van der Waals surface area contributed by atoms with Crippen LogP contribution in [0.15, 0.2) is 78.9 Å². The van der Waals surface area contributed by atoms with Gasteiger partial charge in [0.25, 0.3) is 0 Å². The van der Waals surface area contributed by atoms with Gasteiger partial charge in [-0.3, -0.25) is 4.57 Å². The monoisotopic (exact) mass is 449 g/mol. The lowest BCUT2D eigenvalue weighted by Crippen LogP contribution is -2.21. The number of aromatic nitrogens is 1. The molecule has 1 heterocycles. The first-order chi connectivity index (χ1) is 15.6. The normalized spacial score (nSPS) is 11.7. The van der Waals surface area contributed by atoms with Crippen LogP contribution in [0.2, 0.25) is 0 Å². The van der Waals surface area contributed by atoms with Gasteiger partial charge in [0.2, 0.25) is 0 Å². The van der Waals surface area contributed by atoms with Gasteiger partial charge in [-0.05, 0) is 43.7 Å². The Balaban J connectivity index is 2.05. The fourth-order valence-electron chi connectivity index (χ4n) is 4.04. The third-order valence-corrected chi connectivity index (χ3v) is 7.52. The maximum atomic E-state index is 14.1. The first-order valence-electron chi connectivity index (χ1n) is 10.8. The van der Waals surface area contributed by atoms with Crippen molar-refractivity contribution in [3.63, 3.8) is 0 Å². The van der Waals surface area contributed by atoms with E-state index in [4.69, 9.17) is 13.8 Å². The highest BCUT2D eigenvalue weighted by Crippen LogP contribution is 2.50. The van der Waals surface area contributed by atoms with Crippen molar-refractivity contribution in [2.75, 3.05) is 20.3 Å². The van der Waals surface area contributed by atoms with Crippen molar-refractivity contribution in [2.45, 2.75) is 20.3 Å². The third kappa shape index (κ3) is 4.24. The molecule has 1 aromatic heterocycles. The minimum Gasteiger partial charge on any atom is -0.497 e. The summed E-state index contributed by atoms with van der Waals surface area (Å²) in [5, 5.41) is 1.90. The topological polar surface area (TPSA) is 49.7 Å². The first-order valence-corrected chi connectivity index (χ1v) is 12.4. The zero-order valence-electron chi connectivity index (χ0n) is 18.7. The van der Waals surface area contributed by atoms with Gasteiger partial charge in [-0.25, -0.2) is 0 Å². The van der Waals surface area contributed by atoms with E-state index in [0.717, 1.165) is 27.9 Å². The van der Waals surface area contributed by atoms with Gasteiger partial charge in [0.05, 0.1) is 20.3 Å². The molecule has 0 unspecified atom stereocenters. The minimum absolute atomic E-state index is 0.285. The van der Waals surface area contributed by atoms with Crippen LogP contribution >= 0.6 is 7.60 Å². The summed E-state index contributed by atoms with van der Waals surface area (Å²) in [4.78, 5) is 0. The molecular formula is C26H28NO4P. The molecule has 0 saturated heterocycles. The molecule has 0 radical (unpaired) electrons. The summed E-state index contributed by atoms with van der Waals surface area (Å²) >= 11 is 0. The van der Waals surface area contributed by atoms with Crippen molar-refractivity contribution in [2.24, 2.45) is 0 Å². The minimum atomic E-state index is -3.59. The Hall–Kier alpha value is -2.85. The van der Waals surface area contributed by atoms with E-state index in [1.807, 2.05) is 79.1 Å². The zero-order valence-corrected chi connectivity index (χ0v) is 19.5. The van der Waals surface area contributed by atoms with E-state index < -0.39 is 7.60 Å². The number of fused-ring (bicyclic) bond motifs is 1. The van der Waals surface area contributed by atoms with Gasteiger partial charge in [0, 0.05) is 28.6 Å². The van der Waals surface area contributed by atoms with Crippen molar-refractivity contribution in [1.29, 1.82) is 0 Å². The number of ether oxygens (including phenoxy) is 1. The van der Waals surface area contributed by atoms with Gasteiger partial charge < -0.3 is 18.4 Å². The van der Waals surface area contributed by atoms with Crippen LogP contribution in [0.3, 0.4) is 0 Å². The molecule has 3 aromatic carbocycles. The Morgan fingerprint density at radius 2 is 1.38 bits per heavy atom. The van der Waals surface area contributed by atoms with Crippen LogP contribution in [0.25, 0.3) is 16.5 Å². The average Bonchev–Trinajstić information content (AvgIpc) is 3.15. The quantitative estimate of drug-likeness (QED) is 0.289. The summed E-state index contributed by atoms with van der Waals surface area (Å²) in [6.45, 7) is 4.24. The largest absolute Gasteiger partial charge is 0.497 e. The summed E-state index contributed by atoms with van der Waals surface area (Å²) in [6, 6.07) is 26.0. The lowest BCUT2D eigenvalue weighted by Gasteiger charge is -2.21. The number of benzene rings is 3. The highest BCUT2D eigenvalue weighted by Gasteiger charge is 2.35. The molecule has 32 heavy (non-hydrogen) atoms. The Morgan fingerprint density at radius 3 is 1.97 bits per heavy atom. The number of hydrogen-bond acceptors (Lipinski definition) is 4. The van der Waals surface area contributed by atoms with Crippen molar-refractivity contribution >= 4 is 23.8 Å². The van der Waals surface area contributed by atoms with Crippen LogP contribution in [0.1, 0.15) is 25.1 Å². The highest BCUT2D eigenvalue weighted by molar-refractivity contribution is 7.62. The molecule has 0 atom stereocenters. The lowest BCUT2D eigenvalue weighted by molar-refractivity contribution is 0.229. The van der Waals surface area contributed by atoms with Crippen LogP contribution in [-0.2, 0) is 20.0 Å². The Bertz CT molecular complexity index is 1220. The SMILES string of the molecule is CCOP(=O)(OCC)c1c2ccccc2c(Cc2ccccc2)n1-c1ccc(OC)cc1. The molecule has 0 spiro atoms. The van der Waals surface area contributed by atoms with Crippen LogP contribution in [0.5, 0.6) is 5.75 Å². The lowest BCUT2D eigenvalue weighted by atomic mass is 10.1. The van der Waals surface area contributed by atoms with Crippen LogP contribution in [0.4, 0.5) is 0 Å². The Labute approximate surface area is 189 Å². The molecule has 4 rings (SSSR count). The average molecular weight is 449 g/mol. The van der Waals surface area contributed by atoms with E-state index in [9.17, 15) is 4.57 Å². The van der Waals surface area contributed by atoms with Gasteiger partial charge in [-0.2, -0.15) is 0 Å². The maximum absolute atomic E-state index is 14.1. The predicted molar refractivity (Wildman–Crippen MR) is 130 cm³/mol. The Morgan fingerprint density at radius 1 is 0.781 bits per heavy atom. The molecule has 0 fully saturated rings. The highest BCUT2D eigenvalue weighted by atomic mass is 31.2. The number of methoxy groups -OCH3 is 1. The second kappa shape index (κ2) is 9.74. The van der Waals surface area contributed by atoms with E-state index in [1.165, 1.54) is 5.56 Å². The molecule has 166 valence electrons. The van der Waals surface area contributed by atoms with Gasteiger partial charge in [-0.1, -0.05) is 54.6 Å². The van der Waals surface area contributed by atoms with Gasteiger partial charge >= 0.3 is 7.60 Å². The third-order valence-electron chi connectivity index (χ3n) is 5.36. The summed E-state index contributed by atoms with van der Waals surface area (Å²) in [7, 11) is -1.95. The maximum Gasteiger partial charge on any atom is 0.378 e. The second-order valence-electron chi connectivity index (χ2n) is 7.34. The van der Waals surface area contributed by atoms with Crippen LogP contribution in [0, 0.1) is 0 Å². The molecular weight excluding hydrogens is 421 g/mol. The molecule has 0 aliphatic carbocycles. The van der Waals surface area contributed by atoms with Crippen molar-refractivity contribution in [1.82, 2.24) is 4.57 Å². The fraction of sp³-hybridized carbons (Fsp3) is 0.231. The fourth-order valence-corrected chi connectivity index (χ4v) is 6.01. The van der Waals surface area contributed by atoms with Crippen molar-refractivity contribution in [3.8, 4) is 11.4 Å². The van der Waals surface area contributed by atoms with Crippen LogP contribution in [-0.4, -0.2) is 24.9 Å². The van der Waals surface area contributed by atoms with Gasteiger partial charge in [0.15, 0.2) is 0 Å². The van der Waals surface area contributed by atoms with E-state index in [2.05, 4.69) is 18.2 Å². The summed E-state index contributed by atoms with van der Waals surface area (Å²) in [5.41, 5.74) is 3.64. The van der Waals surface area contributed by atoms with Crippen molar-refractivity contribution < 1.29 is 18.3 Å². The van der Waals surface area contributed by atoms with Crippen molar-refractivity contribution in [3.05, 3.63) is 90.1 Å². The van der Waals surface area contributed by atoms with Gasteiger partial charge in [-0.15, -0.1) is 0 Å². The number of hydrogen-bond donors (Lipinski definition) is 0. The number of rotatable bonds is 9. The van der Waals surface area contributed by atoms with E-state index in [1.54, 1.807) is 7.11 Å². The molecule has 0 aliphatic heterocycles. The van der Waals surface area contributed by atoms with E-state index in [0.29, 0.717) is 11.9 Å². The first kappa shape index (κ1) is 22.3. The predicted octanol–water partition coefficient (Wildman–Crippen LogP) is 6.12. The molecule has 4 aromatic rings. The molecule has 0 aliphatic rings. The van der Waals surface area contributed by atoms with E-state index in [-0.39, 0.29) is 13.2 Å². The summed E-state index contributed by atoms with van der Waals surface area (Å²) < 4.78 is 33.2. The zero-order chi connectivity index (χ0) is 22.6. The molecule has 0 bridgehead atoms. The van der Waals surface area contributed by atoms with Crippen LogP contribution < -0.4 is 10.2 Å². The second-order valence-corrected chi connectivity index (χ2v) is 9.28. The number of nitrogens with zero attached hydrogens (tertiary/aromatic N) is 1. The summed E-state index contributed by atoms with van der Waals surface area (Å²) in [5.74, 6) is 0.759. The molecule has 5 nitrogen and oxygen atoms in total. The molecule has 0 amide bonds. The van der Waals surface area contributed by atoms with Gasteiger partial charge in [0.1, 0.15) is 11.2 Å². The summed E-state index contributed by atoms with van der Waals surface area (Å²) in [6.07, 6.45) is 0.672. The standard InChI is InChI=1S/C26H28NO4P/c1-4-30-32(28,31-5-2)26-24-14-10-9-13-23(24)25(19-20-11-7-6-8-12-20)27(26)21-15-17-22(29-3)18-16-21/h6-18H,4-5,19H2,1-3H3. The molecule has 6 heteroatoms. The smallest absolute Gasteiger partial charge is 0.378 e. The Kier molecular flexibility index (Phi) is 6.80. The van der Waals surface area contributed by atoms with E-state index >= 15 is 0 Å². The molecule has 0 N–H and O–H groups in total.